The van der Waals surface area contributed by atoms with Gasteiger partial charge in [-0.15, -0.1) is 0 Å². The van der Waals surface area contributed by atoms with Crippen molar-refractivity contribution in [2.75, 3.05) is 17.2 Å². The fourth-order valence-corrected chi connectivity index (χ4v) is 2.45. The van der Waals surface area contributed by atoms with Crippen molar-refractivity contribution < 1.29 is 9.53 Å². The van der Waals surface area contributed by atoms with Gasteiger partial charge in [0.1, 0.15) is 11.5 Å². The molecule has 3 rings (SSSR count). The molecule has 26 heavy (non-hydrogen) atoms. The lowest BCUT2D eigenvalue weighted by Gasteiger charge is -2.09. The Morgan fingerprint density at radius 3 is 2.12 bits per heavy atom. The van der Waals surface area contributed by atoms with Gasteiger partial charge in [0.15, 0.2) is 0 Å². The first kappa shape index (κ1) is 17.5. The molecule has 0 unspecified atom stereocenters. The van der Waals surface area contributed by atoms with Gasteiger partial charge in [0.05, 0.1) is 0 Å². The van der Waals surface area contributed by atoms with Crippen molar-refractivity contribution in [2.24, 2.45) is 0 Å². The molecule has 0 spiro atoms. The Kier molecular flexibility index (Phi) is 5.88. The average molecular weight is 346 g/mol. The van der Waals surface area contributed by atoms with E-state index in [1.165, 1.54) is 5.56 Å². The maximum atomic E-state index is 12.0. The molecule has 0 aliphatic rings. The number of aryl methyl sites for hydroxylation is 1. The maximum absolute atomic E-state index is 12.0. The minimum atomic E-state index is -0.00890. The number of hydrogen-bond acceptors (Lipinski definition) is 3. The zero-order valence-electron chi connectivity index (χ0n) is 14.7. The van der Waals surface area contributed by atoms with Crippen molar-refractivity contribution in [1.29, 1.82) is 0 Å². The van der Waals surface area contributed by atoms with Crippen LogP contribution in [0.2, 0.25) is 0 Å². The van der Waals surface area contributed by atoms with Gasteiger partial charge in [-0.05, 0) is 55.5 Å². The van der Waals surface area contributed by atoms with Crippen LogP contribution in [0.25, 0.3) is 0 Å². The van der Waals surface area contributed by atoms with E-state index in [1.807, 2.05) is 85.8 Å². The highest BCUT2D eigenvalue weighted by Crippen LogP contribution is 2.22. The molecular formula is C22H22N2O2. The summed E-state index contributed by atoms with van der Waals surface area (Å²) in [6, 6.07) is 25.1. The predicted octanol–water partition coefficient (Wildman–Crippen LogP) is 5.23. The highest BCUT2D eigenvalue weighted by molar-refractivity contribution is 5.90. The summed E-state index contributed by atoms with van der Waals surface area (Å²) >= 11 is 0. The number of hydrogen-bond donors (Lipinski definition) is 2. The van der Waals surface area contributed by atoms with Gasteiger partial charge in [0.2, 0.25) is 5.91 Å². The van der Waals surface area contributed by atoms with Crippen molar-refractivity contribution in [2.45, 2.75) is 13.3 Å². The molecule has 0 radical (unpaired) electrons. The summed E-state index contributed by atoms with van der Waals surface area (Å²) in [5, 5.41) is 6.14. The molecule has 0 heterocycles. The van der Waals surface area contributed by atoms with Crippen LogP contribution in [-0.2, 0) is 4.79 Å². The summed E-state index contributed by atoms with van der Waals surface area (Å²) in [7, 11) is 0. The standard InChI is InChI=1S/C22H22N2O2/c1-17-7-9-19(10-8-17)24-22(25)15-16-23-18-11-13-21(14-12-18)26-20-5-3-2-4-6-20/h2-14,23H,15-16H2,1H3,(H,24,25). The van der Waals surface area contributed by atoms with E-state index in [4.69, 9.17) is 4.74 Å². The van der Waals surface area contributed by atoms with Crippen molar-refractivity contribution in [3.8, 4) is 11.5 Å². The second-order valence-corrected chi connectivity index (χ2v) is 6.03. The second kappa shape index (κ2) is 8.72. The molecule has 0 aliphatic heterocycles. The van der Waals surface area contributed by atoms with Crippen LogP contribution in [0.5, 0.6) is 11.5 Å². The number of amides is 1. The molecule has 0 saturated carbocycles. The molecule has 4 nitrogen and oxygen atoms in total. The monoisotopic (exact) mass is 346 g/mol. The number of para-hydroxylation sites is 1. The molecule has 0 saturated heterocycles. The lowest BCUT2D eigenvalue weighted by molar-refractivity contribution is -0.115. The molecule has 132 valence electrons. The van der Waals surface area contributed by atoms with Crippen LogP contribution in [0.4, 0.5) is 11.4 Å². The van der Waals surface area contributed by atoms with E-state index in [9.17, 15) is 4.79 Å². The van der Waals surface area contributed by atoms with Gasteiger partial charge in [-0.25, -0.2) is 0 Å². The van der Waals surface area contributed by atoms with E-state index < -0.39 is 0 Å². The second-order valence-electron chi connectivity index (χ2n) is 6.03. The van der Waals surface area contributed by atoms with E-state index in [-0.39, 0.29) is 5.91 Å². The highest BCUT2D eigenvalue weighted by Gasteiger charge is 2.03. The number of benzene rings is 3. The molecule has 4 heteroatoms. The van der Waals surface area contributed by atoms with Crippen molar-refractivity contribution in [3.63, 3.8) is 0 Å². The van der Waals surface area contributed by atoms with Crippen molar-refractivity contribution in [3.05, 3.63) is 84.4 Å². The summed E-state index contributed by atoms with van der Waals surface area (Å²) in [4.78, 5) is 12.0. The van der Waals surface area contributed by atoms with Crippen LogP contribution >= 0.6 is 0 Å². The Morgan fingerprint density at radius 2 is 1.42 bits per heavy atom. The Morgan fingerprint density at radius 1 is 0.808 bits per heavy atom. The minimum Gasteiger partial charge on any atom is -0.457 e. The van der Waals surface area contributed by atoms with Crippen LogP contribution in [-0.4, -0.2) is 12.5 Å². The first-order valence-corrected chi connectivity index (χ1v) is 8.62. The largest absolute Gasteiger partial charge is 0.457 e. The van der Waals surface area contributed by atoms with Gasteiger partial charge in [0, 0.05) is 24.3 Å². The fraction of sp³-hybridized carbons (Fsp3) is 0.136. The van der Waals surface area contributed by atoms with Crippen molar-refractivity contribution in [1.82, 2.24) is 0 Å². The number of ether oxygens (including phenoxy) is 1. The summed E-state index contributed by atoms with van der Waals surface area (Å²) in [6.07, 6.45) is 0.399. The third-order valence-corrected chi connectivity index (χ3v) is 3.85. The molecular weight excluding hydrogens is 324 g/mol. The SMILES string of the molecule is Cc1ccc(NC(=O)CCNc2ccc(Oc3ccccc3)cc2)cc1. The normalized spacial score (nSPS) is 10.2. The molecule has 0 aromatic heterocycles. The van der Waals surface area contributed by atoms with Crippen LogP contribution < -0.4 is 15.4 Å². The Balaban J connectivity index is 1.43. The zero-order valence-corrected chi connectivity index (χ0v) is 14.7. The summed E-state index contributed by atoms with van der Waals surface area (Å²) in [5.74, 6) is 1.57. The highest BCUT2D eigenvalue weighted by atomic mass is 16.5. The lowest BCUT2D eigenvalue weighted by atomic mass is 10.2. The van der Waals surface area contributed by atoms with Gasteiger partial charge in [-0.3, -0.25) is 4.79 Å². The third kappa shape index (κ3) is 5.38. The maximum Gasteiger partial charge on any atom is 0.226 e. The Bertz CT molecular complexity index is 828. The van der Waals surface area contributed by atoms with Gasteiger partial charge in [-0.1, -0.05) is 35.9 Å². The molecule has 3 aromatic carbocycles. The molecule has 1 amide bonds. The molecule has 0 aliphatic carbocycles. The van der Waals surface area contributed by atoms with Gasteiger partial charge >= 0.3 is 0 Å². The van der Waals surface area contributed by atoms with Crippen LogP contribution in [0.15, 0.2) is 78.9 Å². The summed E-state index contributed by atoms with van der Waals surface area (Å²) in [5.41, 5.74) is 2.95. The number of nitrogens with one attached hydrogen (secondary N) is 2. The van der Waals surface area contributed by atoms with E-state index in [0.29, 0.717) is 13.0 Å². The Labute approximate surface area is 153 Å². The number of rotatable bonds is 7. The van der Waals surface area contributed by atoms with Gasteiger partial charge in [0.25, 0.3) is 0 Å². The van der Waals surface area contributed by atoms with E-state index in [0.717, 1.165) is 22.9 Å². The van der Waals surface area contributed by atoms with Crippen LogP contribution in [0, 0.1) is 6.92 Å². The van der Waals surface area contributed by atoms with E-state index in [1.54, 1.807) is 0 Å². The van der Waals surface area contributed by atoms with E-state index in [2.05, 4.69) is 10.6 Å². The lowest BCUT2D eigenvalue weighted by Crippen LogP contribution is -2.16. The Hall–Kier alpha value is -3.27. The molecule has 0 bridgehead atoms. The quantitative estimate of drug-likeness (QED) is 0.616. The molecule has 0 atom stereocenters. The van der Waals surface area contributed by atoms with E-state index >= 15 is 0 Å². The first-order valence-electron chi connectivity index (χ1n) is 8.62. The first-order chi connectivity index (χ1) is 12.7. The third-order valence-electron chi connectivity index (χ3n) is 3.85. The zero-order chi connectivity index (χ0) is 18.2. The number of anilines is 2. The molecule has 0 fully saturated rings. The number of carbonyl (C=O) groups is 1. The van der Waals surface area contributed by atoms with Crippen LogP contribution in [0.3, 0.4) is 0 Å². The smallest absolute Gasteiger partial charge is 0.226 e. The molecule has 2 N–H and O–H groups in total. The van der Waals surface area contributed by atoms with Gasteiger partial charge in [-0.2, -0.15) is 0 Å². The van der Waals surface area contributed by atoms with Crippen molar-refractivity contribution >= 4 is 17.3 Å². The average Bonchev–Trinajstić information content (AvgIpc) is 2.66. The summed E-state index contributed by atoms with van der Waals surface area (Å²) in [6.45, 7) is 2.59. The van der Waals surface area contributed by atoms with Crippen LogP contribution in [0.1, 0.15) is 12.0 Å². The summed E-state index contributed by atoms with van der Waals surface area (Å²) < 4.78 is 5.76. The minimum absolute atomic E-state index is 0.00890. The predicted molar refractivity (Wildman–Crippen MR) is 106 cm³/mol. The fourth-order valence-electron chi connectivity index (χ4n) is 2.45. The topological polar surface area (TPSA) is 50.4 Å². The number of carbonyl (C=O) groups excluding carboxylic acids is 1. The molecule has 3 aromatic rings. The van der Waals surface area contributed by atoms with Gasteiger partial charge < -0.3 is 15.4 Å².